The second kappa shape index (κ2) is 4.93. The third-order valence-electron chi connectivity index (χ3n) is 4.31. The maximum absolute atomic E-state index is 5.93. The zero-order valence-corrected chi connectivity index (χ0v) is 11.8. The quantitative estimate of drug-likeness (QED) is 0.798. The molecule has 1 unspecified atom stereocenters. The maximum atomic E-state index is 5.93. The van der Waals surface area contributed by atoms with Crippen LogP contribution in [0.3, 0.4) is 0 Å². The summed E-state index contributed by atoms with van der Waals surface area (Å²) < 4.78 is 8.14. The van der Waals surface area contributed by atoms with E-state index < -0.39 is 0 Å². The van der Waals surface area contributed by atoms with Crippen molar-refractivity contribution in [1.29, 1.82) is 0 Å². The lowest BCUT2D eigenvalue weighted by molar-refractivity contribution is 0.319. The normalized spacial score (nSPS) is 16.9. The summed E-state index contributed by atoms with van der Waals surface area (Å²) in [4.78, 5) is 0. The Labute approximate surface area is 123 Å². The number of nitrogens with two attached hydrogens (primary N) is 1. The molecule has 0 saturated carbocycles. The SMILES string of the molecule is NCc1cc2ccccc2n1CC1COc2ccccc21. The minimum absolute atomic E-state index is 0.391. The summed E-state index contributed by atoms with van der Waals surface area (Å²) in [6.07, 6.45) is 0. The molecule has 1 aliphatic rings. The number of hydrogen-bond donors (Lipinski definition) is 1. The lowest BCUT2D eigenvalue weighted by Crippen LogP contribution is -2.14. The van der Waals surface area contributed by atoms with Crippen molar-refractivity contribution < 1.29 is 4.74 Å². The van der Waals surface area contributed by atoms with E-state index in [1.54, 1.807) is 0 Å². The summed E-state index contributed by atoms with van der Waals surface area (Å²) in [6.45, 7) is 2.22. The number of aromatic nitrogens is 1. The van der Waals surface area contributed by atoms with Crippen LogP contribution in [0.4, 0.5) is 0 Å². The van der Waals surface area contributed by atoms with Crippen molar-refractivity contribution in [2.24, 2.45) is 5.73 Å². The molecule has 2 N–H and O–H groups in total. The van der Waals surface area contributed by atoms with Gasteiger partial charge in [-0.25, -0.2) is 0 Å². The van der Waals surface area contributed by atoms with E-state index in [0.717, 1.165) is 18.9 Å². The fourth-order valence-corrected chi connectivity index (χ4v) is 3.25. The lowest BCUT2D eigenvalue weighted by atomic mass is 10.0. The molecule has 1 aliphatic heterocycles. The predicted octanol–water partition coefficient (Wildman–Crippen LogP) is 3.28. The number of para-hydroxylation sites is 2. The Hall–Kier alpha value is -2.26. The maximum Gasteiger partial charge on any atom is 0.122 e. The molecular weight excluding hydrogens is 260 g/mol. The van der Waals surface area contributed by atoms with Gasteiger partial charge < -0.3 is 15.0 Å². The Morgan fingerprint density at radius 2 is 1.90 bits per heavy atom. The van der Waals surface area contributed by atoms with Gasteiger partial charge in [-0.2, -0.15) is 0 Å². The van der Waals surface area contributed by atoms with Crippen molar-refractivity contribution in [3.05, 3.63) is 65.9 Å². The molecule has 1 atom stereocenters. The summed E-state index contributed by atoms with van der Waals surface area (Å²) in [5.74, 6) is 1.41. The Kier molecular flexibility index (Phi) is 2.93. The number of hydrogen-bond acceptors (Lipinski definition) is 2. The van der Waals surface area contributed by atoms with Crippen LogP contribution in [-0.2, 0) is 13.1 Å². The van der Waals surface area contributed by atoms with Gasteiger partial charge in [0.25, 0.3) is 0 Å². The summed E-state index contributed by atoms with van der Waals surface area (Å²) in [7, 11) is 0. The molecule has 0 spiro atoms. The first kappa shape index (κ1) is 12.5. The van der Waals surface area contributed by atoms with E-state index in [2.05, 4.69) is 47.0 Å². The average Bonchev–Trinajstić information content (AvgIpc) is 3.10. The van der Waals surface area contributed by atoms with E-state index in [1.807, 2.05) is 12.1 Å². The zero-order valence-electron chi connectivity index (χ0n) is 11.8. The van der Waals surface area contributed by atoms with E-state index in [4.69, 9.17) is 10.5 Å². The van der Waals surface area contributed by atoms with Crippen LogP contribution in [0, 0.1) is 0 Å². The zero-order chi connectivity index (χ0) is 14.2. The Morgan fingerprint density at radius 1 is 1.10 bits per heavy atom. The topological polar surface area (TPSA) is 40.2 Å². The molecule has 2 aromatic carbocycles. The molecule has 0 radical (unpaired) electrons. The third kappa shape index (κ3) is 2.01. The van der Waals surface area contributed by atoms with E-state index in [-0.39, 0.29) is 0 Å². The number of fused-ring (bicyclic) bond motifs is 2. The second-order valence-corrected chi connectivity index (χ2v) is 5.55. The second-order valence-electron chi connectivity index (χ2n) is 5.55. The van der Waals surface area contributed by atoms with Crippen molar-refractivity contribution in [1.82, 2.24) is 4.57 Å². The molecule has 0 saturated heterocycles. The minimum Gasteiger partial charge on any atom is -0.493 e. The average molecular weight is 278 g/mol. The van der Waals surface area contributed by atoms with Gasteiger partial charge >= 0.3 is 0 Å². The Morgan fingerprint density at radius 3 is 2.81 bits per heavy atom. The molecule has 0 amide bonds. The van der Waals surface area contributed by atoms with Crippen LogP contribution in [0.15, 0.2) is 54.6 Å². The molecule has 3 nitrogen and oxygen atoms in total. The van der Waals surface area contributed by atoms with Gasteiger partial charge in [0.15, 0.2) is 0 Å². The fourth-order valence-electron chi connectivity index (χ4n) is 3.25. The molecule has 1 aromatic heterocycles. The summed E-state index contributed by atoms with van der Waals surface area (Å²) in [5, 5.41) is 1.25. The molecular formula is C18H18N2O. The first-order valence-corrected chi connectivity index (χ1v) is 7.36. The van der Waals surface area contributed by atoms with Gasteiger partial charge in [-0.1, -0.05) is 36.4 Å². The third-order valence-corrected chi connectivity index (χ3v) is 4.31. The van der Waals surface area contributed by atoms with E-state index in [1.165, 1.54) is 22.2 Å². The van der Waals surface area contributed by atoms with Crippen molar-refractivity contribution in [3.63, 3.8) is 0 Å². The highest BCUT2D eigenvalue weighted by Gasteiger charge is 2.25. The number of ether oxygens (including phenoxy) is 1. The monoisotopic (exact) mass is 278 g/mol. The standard InChI is InChI=1S/C18H18N2O/c19-10-15-9-13-5-1-3-7-17(13)20(15)11-14-12-21-18-8-4-2-6-16(14)18/h1-9,14H,10-12,19H2. The van der Waals surface area contributed by atoms with Crippen LogP contribution in [0.5, 0.6) is 5.75 Å². The smallest absolute Gasteiger partial charge is 0.122 e. The molecule has 0 aliphatic carbocycles. The number of rotatable bonds is 3. The van der Waals surface area contributed by atoms with Gasteiger partial charge in [0, 0.05) is 35.8 Å². The van der Waals surface area contributed by atoms with Crippen LogP contribution in [-0.4, -0.2) is 11.2 Å². The molecule has 0 bridgehead atoms. The van der Waals surface area contributed by atoms with Crippen LogP contribution >= 0.6 is 0 Å². The predicted molar refractivity (Wildman–Crippen MR) is 84.5 cm³/mol. The molecule has 3 heteroatoms. The van der Waals surface area contributed by atoms with Crippen LogP contribution < -0.4 is 10.5 Å². The summed E-state index contributed by atoms with van der Waals surface area (Å²) >= 11 is 0. The van der Waals surface area contributed by atoms with Gasteiger partial charge in [-0.15, -0.1) is 0 Å². The molecule has 106 valence electrons. The highest BCUT2D eigenvalue weighted by Crippen LogP contribution is 2.35. The molecule has 0 fully saturated rings. The first-order chi connectivity index (χ1) is 10.4. The fraction of sp³-hybridized carbons (Fsp3) is 0.222. The first-order valence-electron chi connectivity index (χ1n) is 7.36. The van der Waals surface area contributed by atoms with Crippen LogP contribution in [0.2, 0.25) is 0 Å². The Bertz CT molecular complexity index is 791. The van der Waals surface area contributed by atoms with Gasteiger partial charge in [0.1, 0.15) is 5.75 Å². The van der Waals surface area contributed by atoms with Crippen molar-refractivity contribution in [2.75, 3.05) is 6.61 Å². The number of nitrogens with zero attached hydrogens (tertiary/aromatic N) is 1. The summed E-state index contributed by atoms with van der Waals surface area (Å²) in [6, 6.07) is 19.0. The van der Waals surface area contributed by atoms with Crippen molar-refractivity contribution in [2.45, 2.75) is 19.0 Å². The van der Waals surface area contributed by atoms with E-state index in [9.17, 15) is 0 Å². The van der Waals surface area contributed by atoms with Gasteiger partial charge in [-0.05, 0) is 23.6 Å². The van der Waals surface area contributed by atoms with E-state index >= 15 is 0 Å². The van der Waals surface area contributed by atoms with Gasteiger partial charge in [0.2, 0.25) is 0 Å². The molecule has 4 rings (SSSR count). The largest absolute Gasteiger partial charge is 0.493 e. The molecule has 21 heavy (non-hydrogen) atoms. The highest BCUT2D eigenvalue weighted by molar-refractivity contribution is 5.81. The minimum atomic E-state index is 0.391. The Balaban J connectivity index is 1.75. The van der Waals surface area contributed by atoms with Crippen LogP contribution in [0.25, 0.3) is 10.9 Å². The lowest BCUT2D eigenvalue weighted by Gasteiger charge is -2.14. The van der Waals surface area contributed by atoms with E-state index in [0.29, 0.717) is 12.5 Å². The van der Waals surface area contributed by atoms with Crippen molar-refractivity contribution >= 4 is 10.9 Å². The molecule has 3 aromatic rings. The summed E-state index contributed by atoms with van der Waals surface area (Å²) in [5.41, 5.74) is 9.67. The molecule has 2 heterocycles. The number of benzene rings is 2. The highest BCUT2D eigenvalue weighted by atomic mass is 16.5. The van der Waals surface area contributed by atoms with Gasteiger partial charge in [-0.3, -0.25) is 0 Å². The van der Waals surface area contributed by atoms with Crippen LogP contribution in [0.1, 0.15) is 17.2 Å². The van der Waals surface area contributed by atoms with Gasteiger partial charge in [0.05, 0.1) is 6.61 Å². The van der Waals surface area contributed by atoms with Crippen molar-refractivity contribution in [3.8, 4) is 5.75 Å².